The Labute approximate surface area is 160 Å². The van der Waals surface area contributed by atoms with Gasteiger partial charge in [0.05, 0.1) is 24.1 Å². The Morgan fingerprint density at radius 2 is 1.93 bits per heavy atom. The van der Waals surface area contributed by atoms with E-state index in [9.17, 15) is 4.79 Å². The average Bonchev–Trinajstić information content (AvgIpc) is 3.10. The maximum Gasteiger partial charge on any atom is 0.234 e. The van der Waals surface area contributed by atoms with Gasteiger partial charge in [-0.15, -0.1) is 10.2 Å². The smallest absolute Gasteiger partial charge is 0.234 e. The largest absolute Gasteiger partial charge is 0.495 e. The van der Waals surface area contributed by atoms with E-state index in [2.05, 4.69) is 28.5 Å². The second kappa shape index (κ2) is 7.28. The lowest BCUT2D eigenvalue weighted by Crippen LogP contribution is -2.15. The second-order valence-electron chi connectivity index (χ2n) is 6.06. The van der Waals surface area contributed by atoms with Crippen molar-refractivity contribution in [3.8, 4) is 5.75 Å². The number of ether oxygens (including phenoxy) is 1. The molecule has 2 heterocycles. The van der Waals surface area contributed by atoms with Crippen molar-refractivity contribution in [2.75, 3.05) is 18.2 Å². The summed E-state index contributed by atoms with van der Waals surface area (Å²) in [5.41, 5.74) is 3.61. The molecule has 1 N–H and O–H groups in total. The standard InChI is InChI=1S/C20H18N4O2S/c1-13-11-18-22-23-20(24(18)16-9-5-3-7-14(13)16)27-12-19(25)21-15-8-4-6-10-17(15)26-2/h3-11H,12H2,1-2H3,(H,21,25). The molecule has 0 aliphatic heterocycles. The molecule has 4 aromatic rings. The first-order chi connectivity index (χ1) is 13.2. The van der Waals surface area contributed by atoms with Crippen molar-refractivity contribution in [2.45, 2.75) is 12.1 Å². The van der Waals surface area contributed by atoms with Crippen LogP contribution in [-0.2, 0) is 4.79 Å². The highest BCUT2D eigenvalue weighted by Gasteiger charge is 2.14. The number of carbonyl (C=O) groups excluding carboxylic acids is 1. The second-order valence-corrected chi connectivity index (χ2v) is 7.00. The number of carbonyl (C=O) groups is 1. The predicted molar refractivity (Wildman–Crippen MR) is 108 cm³/mol. The highest BCUT2D eigenvalue weighted by atomic mass is 32.2. The van der Waals surface area contributed by atoms with Gasteiger partial charge in [0.25, 0.3) is 0 Å². The van der Waals surface area contributed by atoms with Crippen molar-refractivity contribution in [1.82, 2.24) is 14.6 Å². The number of hydrogen-bond acceptors (Lipinski definition) is 5. The number of amides is 1. The van der Waals surface area contributed by atoms with Crippen LogP contribution in [0.1, 0.15) is 5.56 Å². The number of benzene rings is 2. The van der Waals surface area contributed by atoms with Crippen LogP contribution in [0.5, 0.6) is 5.75 Å². The molecule has 0 atom stereocenters. The molecule has 6 nitrogen and oxygen atoms in total. The van der Waals surface area contributed by atoms with Crippen LogP contribution in [0.25, 0.3) is 16.6 Å². The minimum absolute atomic E-state index is 0.127. The van der Waals surface area contributed by atoms with E-state index in [1.165, 1.54) is 11.8 Å². The van der Waals surface area contributed by atoms with E-state index in [4.69, 9.17) is 4.74 Å². The molecule has 4 rings (SSSR count). The Morgan fingerprint density at radius 3 is 2.78 bits per heavy atom. The van der Waals surface area contributed by atoms with Gasteiger partial charge in [0, 0.05) is 5.39 Å². The third-order valence-electron chi connectivity index (χ3n) is 4.29. The molecule has 27 heavy (non-hydrogen) atoms. The first-order valence-corrected chi connectivity index (χ1v) is 9.45. The Morgan fingerprint density at radius 1 is 1.15 bits per heavy atom. The van der Waals surface area contributed by atoms with Crippen LogP contribution in [0.2, 0.25) is 0 Å². The minimum atomic E-state index is -0.127. The first-order valence-electron chi connectivity index (χ1n) is 8.46. The Hall–Kier alpha value is -3.06. The molecule has 0 aliphatic rings. The quantitative estimate of drug-likeness (QED) is 0.533. The number of nitrogens with one attached hydrogen (secondary N) is 1. The number of rotatable bonds is 5. The van der Waals surface area contributed by atoms with Gasteiger partial charge in [0.15, 0.2) is 10.8 Å². The summed E-state index contributed by atoms with van der Waals surface area (Å²) in [7, 11) is 1.58. The van der Waals surface area contributed by atoms with E-state index >= 15 is 0 Å². The molecule has 0 radical (unpaired) electrons. The van der Waals surface area contributed by atoms with Crippen LogP contribution in [0.15, 0.2) is 59.8 Å². The fourth-order valence-electron chi connectivity index (χ4n) is 3.03. The summed E-state index contributed by atoms with van der Waals surface area (Å²) in [4.78, 5) is 12.4. The fourth-order valence-corrected chi connectivity index (χ4v) is 3.78. The molecule has 0 unspecified atom stereocenters. The number of pyridine rings is 1. The molecule has 7 heteroatoms. The van der Waals surface area contributed by atoms with Gasteiger partial charge >= 0.3 is 0 Å². The van der Waals surface area contributed by atoms with Gasteiger partial charge < -0.3 is 10.1 Å². The van der Waals surface area contributed by atoms with Gasteiger partial charge in [0.2, 0.25) is 5.91 Å². The van der Waals surface area contributed by atoms with Crippen LogP contribution in [0.3, 0.4) is 0 Å². The highest BCUT2D eigenvalue weighted by molar-refractivity contribution is 7.99. The van der Waals surface area contributed by atoms with E-state index < -0.39 is 0 Å². The molecule has 2 aromatic heterocycles. The zero-order valence-corrected chi connectivity index (χ0v) is 15.8. The molecule has 0 spiro atoms. The maximum atomic E-state index is 12.4. The van der Waals surface area contributed by atoms with Crippen LogP contribution in [0, 0.1) is 6.92 Å². The lowest BCUT2D eigenvalue weighted by molar-refractivity contribution is -0.113. The topological polar surface area (TPSA) is 68.5 Å². The molecule has 0 bridgehead atoms. The van der Waals surface area contributed by atoms with Gasteiger partial charge in [-0.1, -0.05) is 42.1 Å². The Balaban J connectivity index is 1.57. The fraction of sp³-hybridized carbons (Fsp3) is 0.150. The number of thioether (sulfide) groups is 1. The normalized spacial score (nSPS) is 11.0. The third kappa shape index (κ3) is 3.33. The van der Waals surface area contributed by atoms with Gasteiger partial charge in [-0.25, -0.2) is 0 Å². The van der Waals surface area contributed by atoms with Crippen LogP contribution in [-0.4, -0.2) is 33.4 Å². The lowest BCUT2D eigenvalue weighted by Gasteiger charge is -2.10. The Bertz CT molecular complexity index is 1140. The summed E-state index contributed by atoms with van der Waals surface area (Å²) in [6.45, 7) is 2.06. The lowest BCUT2D eigenvalue weighted by atomic mass is 10.1. The predicted octanol–water partition coefficient (Wildman–Crippen LogP) is 3.93. The summed E-state index contributed by atoms with van der Waals surface area (Å²) >= 11 is 1.35. The van der Waals surface area contributed by atoms with Gasteiger partial charge in [0.1, 0.15) is 5.75 Å². The number of anilines is 1. The van der Waals surface area contributed by atoms with E-state index in [-0.39, 0.29) is 11.7 Å². The molecule has 0 saturated carbocycles. The zero-order chi connectivity index (χ0) is 18.8. The molecule has 136 valence electrons. The van der Waals surface area contributed by atoms with Crippen molar-refractivity contribution >= 4 is 39.9 Å². The van der Waals surface area contributed by atoms with Crippen LogP contribution >= 0.6 is 11.8 Å². The number of hydrogen-bond donors (Lipinski definition) is 1. The van der Waals surface area contributed by atoms with E-state index in [0.717, 1.165) is 22.1 Å². The SMILES string of the molecule is COc1ccccc1NC(=O)CSc1nnc2cc(C)c3ccccc3n12. The summed E-state index contributed by atoms with van der Waals surface area (Å²) in [5.74, 6) is 0.726. The molecule has 2 aromatic carbocycles. The van der Waals surface area contributed by atoms with Crippen LogP contribution < -0.4 is 10.1 Å². The maximum absolute atomic E-state index is 12.4. The van der Waals surface area contributed by atoms with E-state index in [1.807, 2.05) is 52.9 Å². The van der Waals surface area contributed by atoms with Gasteiger partial charge in [-0.2, -0.15) is 0 Å². The number of nitrogens with zero attached hydrogens (tertiary/aromatic N) is 3. The molecular weight excluding hydrogens is 360 g/mol. The third-order valence-corrected chi connectivity index (χ3v) is 5.22. The Kier molecular flexibility index (Phi) is 4.68. The van der Waals surface area contributed by atoms with Gasteiger partial charge in [-0.05, 0) is 36.8 Å². The van der Waals surface area contributed by atoms with E-state index in [0.29, 0.717) is 16.6 Å². The van der Waals surface area contributed by atoms with Crippen LogP contribution in [0.4, 0.5) is 5.69 Å². The monoisotopic (exact) mass is 378 g/mol. The minimum Gasteiger partial charge on any atom is -0.495 e. The van der Waals surface area contributed by atoms with E-state index in [1.54, 1.807) is 7.11 Å². The number of para-hydroxylation sites is 3. The molecule has 0 fully saturated rings. The van der Waals surface area contributed by atoms with Crippen molar-refractivity contribution < 1.29 is 9.53 Å². The first kappa shape index (κ1) is 17.4. The van der Waals surface area contributed by atoms with Gasteiger partial charge in [-0.3, -0.25) is 9.20 Å². The molecule has 0 aliphatic carbocycles. The molecular formula is C20H18N4O2S. The summed E-state index contributed by atoms with van der Waals surface area (Å²) in [5, 5.41) is 13.2. The summed E-state index contributed by atoms with van der Waals surface area (Å²) in [6.07, 6.45) is 0. The number of aromatic nitrogens is 3. The number of aryl methyl sites for hydroxylation is 1. The average molecular weight is 378 g/mol. The zero-order valence-electron chi connectivity index (χ0n) is 15.0. The molecule has 1 amide bonds. The summed E-state index contributed by atoms with van der Waals surface area (Å²) < 4.78 is 7.26. The number of methoxy groups -OCH3 is 1. The molecule has 0 saturated heterocycles. The van der Waals surface area contributed by atoms with Crippen molar-refractivity contribution in [1.29, 1.82) is 0 Å². The highest BCUT2D eigenvalue weighted by Crippen LogP contribution is 2.27. The summed E-state index contributed by atoms with van der Waals surface area (Å²) in [6, 6.07) is 17.5. The van der Waals surface area contributed by atoms with Crippen molar-refractivity contribution in [3.63, 3.8) is 0 Å². The van der Waals surface area contributed by atoms with Crippen molar-refractivity contribution in [3.05, 3.63) is 60.2 Å². The number of fused-ring (bicyclic) bond motifs is 3. The van der Waals surface area contributed by atoms with Crippen molar-refractivity contribution in [2.24, 2.45) is 0 Å².